The molecule has 0 amide bonds. The molecule has 1 aromatic carbocycles. The predicted octanol–water partition coefficient (Wildman–Crippen LogP) is 1.02. The molecule has 1 aromatic rings. The maximum absolute atomic E-state index is 10.3. The van der Waals surface area contributed by atoms with Crippen LogP contribution in [0.15, 0.2) is 18.2 Å². The summed E-state index contributed by atoms with van der Waals surface area (Å²) in [6.45, 7) is 2.02. The molecule has 0 aliphatic heterocycles. The van der Waals surface area contributed by atoms with Gasteiger partial charge in [0.05, 0.1) is 6.04 Å². The van der Waals surface area contributed by atoms with Gasteiger partial charge in [-0.2, -0.15) is 0 Å². The quantitative estimate of drug-likeness (QED) is 0.702. The van der Waals surface area contributed by atoms with Gasteiger partial charge in [0.15, 0.2) is 0 Å². The van der Waals surface area contributed by atoms with Crippen molar-refractivity contribution in [1.29, 1.82) is 0 Å². The molecule has 0 bridgehead atoms. The summed E-state index contributed by atoms with van der Waals surface area (Å²) in [5.41, 5.74) is 7.26. The Hall–Kier alpha value is -1.35. The van der Waals surface area contributed by atoms with E-state index in [-0.39, 0.29) is 5.75 Å². The van der Waals surface area contributed by atoms with E-state index in [0.717, 1.165) is 17.5 Å². The van der Waals surface area contributed by atoms with E-state index in [1.54, 1.807) is 6.07 Å². The lowest BCUT2D eigenvalue weighted by atomic mass is 10.0. The number of benzene rings is 1. The number of carbonyl (C=O) groups excluding carboxylic acids is 1. The molecule has 0 saturated heterocycles. The molecule has 0 saturated carbocycles. The summed E-state index contributed by atoms with van der Waals surface area (Å²) >= 11 is 0. The zero-order valence-electron chi connectivity index (χ0n) is 8.23. The van der Waals surface area contributed by atoms with Crippen LogP contribution in [0.25, 0.3) is 0 Å². The summed E-state index contributed by atoms with van der Waals surface area (Å²) < 4.78 is 0. The highest BCUT2D eigenvalue weighted by molar-refractivity contribution is 5.58. The third kappa shape index (κ3) is 2.57. The van der Waals surface area contributed by atoms with Crippen LogP contribution < -0.4 is 5.73 Å². The molecule has 1 atom stereocenters. The SMILES string of the molecule is CCc1ccc(CC(N)C=O)c(O)c1. The van der Waals surface area contributed by atoms with Gasteiger partial charge >= 0.3 is 0 Å². The van der Waals surface area contributed by atoms with Gasteiger partial charge in [0, 0.05) is 0 Å². The first-order chi connectivity index (χ1) is 6.67. The standard InChI is InChI=1S/C11H15NO2/c1-2-8-3-4-9(11(14)5-8)6-10(12)7-13/h3-5,7,10,14H,2,6,12H2,1H3. The van der Waals surface area contributed by atoms with Gasteiger partial charge in [0.25, 0.3) is 0 Å². The van der Waals surface area contributed by atoms with Crippen molar-refractivity contribution in [2.24, 2.45) is 5.73 Å². The van der Waals surface area contributed by atoms with Crippen LogP contribution in [0, 0.1) is 0 Å². The number of aromatic hydroxyl groups is 1. The first-order valence-electron chi connectivity index (χ1n) is 4.69. The van der Waals surface area contributed by atoms with Crippen molar-refractivity contribution in [1.82, 2.24) is 0 Å². The molecule has 0 aliphatic carbocycles. The topological polar surface area (TPSA) is 63.3 Å². The van der Waals surface area contributed by atoms with Crippen LogP contribution in [0.2, 0.25) is 0 Å². The number of carbonyl (C=O) groups is 1. The average molecular weight is 193 g/mol. The molecular formula is C11H15NO2. The van der Waals surface area contributed by atoms with Crippen LogP contribution in [0.1, 0.15) is 18.1 Å². The molecule has 3 heteroatoms. The molecule has 0 heterocycles. The lowest BCUT2D eigenvalue weighted by Crippen LogP contribution is -2.24. The molecule has 0 fully saturated rings. The Morgan fingerprint density at radius 3 is 2.79 bits per heavy atom. The van der Waals surface area contributed by atoms with Crippen molar-refractivity contribution >= 4 is 6.29 Å². The highest BCUT2D eigenvalue weighted by atomic mass is 16.3. The number of hydrogen-bond donors (Lipinski definition) is 2. The molecular weight excluding hydrogens is 178 g/mol. The second-order valence-electron chi connectivity index (χ2n) is 3.32. The number of phenols is 1. The van der Waals surface area contributed by atoms with E-state index >= 15 is 0 Å². The fourth-order valence-electron chi connectivity index (χ4n) is 1.30. The minimum atomic E-state index is -0.534. The van der Waals surface area contributed by atoms with Crippen LogP contribution in [0.3, 0.4) is 0 Å². The number of hydrogen-bond acceptors (Lipinski definition) is 3. The number of aldehydes is 1. The minimum Gasteiger partial charge on any atom is -0.508 e. The zero-order valence-corrected chi connectivity index (χ0v) is 8.23. The monoisotopic (exact) mass is 193 g/mol. The third-order valence-corrected chi connectivity index (χ3v) is 2.19. The third-order valence-electron chi connectivity index (χ3n) is 2.19. The molecule has 0 radical (unpaired) electrons. The maximum Gasteiger partial charge on any atom is 0.137 e. The Balaban J connectivity index is 2.83. The predicted molar refractivity (Wildman–Crippen MR) is 55.2 cm³/mol. The van der Waals surface area contributed by atoms with Gasteiger partial charge in [-0.25, -0.2) is 0 Å². The fraction of sp³-hybridized carbons (Fsp3) is 0.364. The summed E-state index contributed by atoms with van der Waals surface area (Å²) in [6.07, 6.45) is 1.96. The van der Waals surface area contributed by atoms with E-state index in [9.17, 15) is 9.90 Å². The van der Waals surface area contributed by atoms with E-state index in [1.165, 1.54) is 0 Å². The minimum absolute atomic E-state index is 0.224. The van der Waals surface area contributed by atoms with Crippen molar-refractivity contribution in [2.45, 2.75) is 25.8 Å². The van der Waals surface area contributed by atoms with Crippen molar-refractivity contribution in [3.05, 3.63) is 29.3 Å². The van der Waals surface area contributed by atoms with Crippen molar-refractivity contribution < 1.29 is 9.90 Å². The van der Waals surface area contributed by atoms with Crippen LogP contribution in [-0.2, 0) is 17.6 Å². The zero-order chi connectivity index (χ0) is 10.6. The summed E-state index contributed by atoms with van der Waals surface area (Å²) in [7, 11) is 0. The molecule has 1 rings (SSSR count). The smallest absolute Gasteiger partial charge is 0.137 e. The molecule has 0 spiro atoms. The Morgan fingerprint density at radius 1 is 1.57 bits per heavy atom. The highest BCUT2D eigenvalue weighted by Crippen LogP contribution is 2.20. The number of nitrogens with two attached hydrogens (primary N) is 1. The first kappa shape index (κ1) is 10.7. The fourth-order valence-corrected chi connectivity index (χ4v) is 1.30. The Morgan fingerprint density at radius 2 is 2.29 bits per heavy atom. The molecule has 3 nitrogen and oxygen atoms in total. The first-order valence-corrected chi connectivity index (χ1v) is 4.69. The molecule has 14 heavy (non-hydrogen) atoms. The number of aryl methyl sites for hydroxylation is 1. The summed E-state index contributed by atoms with van der Waals surface area (Å²) in [4.78, 5) is 10.3. The van der Waals surface area contributed by atoms with E-state index in [4.69, 9.17) is 5.73 Å². The maximum atomic E-state index is 10.3. The van der Waals surface area contributed by atoms with Gasteiger partial charge < -0.3 is 15.6 Å². The van der Waals surface area contributed by atoms with Crippen LogP contribution in [0.4, 0.5) is 0 Å². The van der Waals surface area contributed by atoms with Crippen LogP contribution >= 0.6 is 0 Å². The molecule has 0 aromatic heterocycles. The van der Waals surface area contributed by atoms with Gasteiger partial charge in [-0.1, -0.05) is 19.1 Å². The number of phenolic OH excluding ortho intramolecular Hbond substituents is 1. The summed E-state index contributed by atoms with van der Waals surface area (Å²) in [6, 6.07) is 4.94. The van der Waals surface area contributed by atoms with E-state index in [2.05, 4.69) is 0 Å². The number of rotatable bonds is 4. The largest absolute Gasteiger partial charge is 0.508 e. The second kappa shape index (κ2) is 4.77. The normalized spacial score (nSPS) is 12.4. The van der Waals surface area contributed by atoms with E-state index in [0.29, 0.717) is 12.7 Å². The molecule has 3 N–H and O–H groups in total. The van der Waals surface area contributed by atoms with Gasteiger partial charge in [-0.05, 0) is 30.0 Å². The highest BCUT2D eigenvalue weighted by Gasteiger charge is 2.06. The van der Waals surface area contributed by atoms with Crippen molar-refractivity contribution in [3.63, 3.8) is 0 Å². The van der Waals surface area contributed by atoms with Gasteiger partial charge in [-0.15, -0.1) is 0 Å². The van der Waals surface area contributed by atoms with E-state index in [1.807, 2.05) is 19.1 Å². The Bertz CT molecular complexity index is 323. The summed E-state index contributed by atoms with van der Waals surface area (Å²) in [5.74, 6) is 0.224. The lowest BCUT2D eigenvalue weighted by molar-refractivity contribution is -0.108. The van der Waals surface area contributed by atoms with Crippen molar-refractivity contribution in [3.8, 4) is 5.75 Å². The van der Waals surface area contributed by atoms with E-state index < -0.39 is 6.04 Å². The Kier molecular flexibility index (Phi) is 3.65. The van der Waals surface area contributed by atoms with Gasteiger partial charge in [0.1, 0.15) is 12.0 Å². The molecule has 1 unspecified atom stereocenters. The van der Waals surface area contributed by atoms with Crippen LogP contribution in [-0.4, -0.2) is 17.4 Å². The molecule has 0 aliphatic rings. The summed E-state index contributed by atoms with van der Waals surface area (Å²) in [5, 5.41) is 9.60. The Labute approximate surface area is 83.6 Å². The second-order valence-corrected chi connectivity index (χ2v) is 3.32. The van der Waals surface area contributed by atoms with Crippen LogP contribution in [0.5, 0.6) is 5.75 Å². The average Bonchev–Trinajstić information content (AvgIpc) is 2.20. The van der Waals surface area contributed by atoms with Gasteiger partial charge in [0.2, 0.25) is 0 Å². The van der Waals surface area contributed by atoms with Crippen molar-refractivity contribution in [2.75, 3.05) is 0 Å². The lowest BCUT2D eigenvalue weighted by Gasteiger charge is -2.07. The molecule has 76 valence electrons. The van der Waals surface area contributed by atoms with Gasteiger partial charge in [-0.3, -0.25) is 0 Å².